The first-order chi connectivity index (χ1) is 9.20. The van der Waals surface area contributed by atoms with Crippen molar-refractivity contribution in [2.24, 2.45) is 0 Å². The van der Waals surface area contributed by atoms with Gasteiger partial charge >= 0.3 is 0 Å². The predicted octanol–water partition coefficient (Wildman–Crippen LogP) is 1.93. The summed E-state index contributed by atoms with van der Waals surface area (Å²) < 4.78 is 27.9. The summed E-state index contributed by atoms with van der Waals surface area (Å²) in [6, 6.07) is 5.70. The van der Waals surface area contributed by atoms with Crippen LogP contribution in [-0.4, -0.2) is 27.5 Å². The minimum absolute atomic E-state index is 0.00214. The van der Waals surface area contributed by atoms with Crippen molar-refractivity contribution in [1.82, 2.24) is 10.0 Å². The largest absolute Gasteiger partial charge is 0.315 e. The minimum Gasteiger partial charge on any atom is -0.315 e. The summed E-state index contributed by atoms with van der Waals surface area (Å²) in [5.41, 5.74) is 1.76. The van der Waals surface area contributed by atoms with Crippen LogP contribution in [0.15, 0.2) is 23.1 Å². The van der Waals surface area contributed by atoms with Gasteiger partial charge in [-0.2, -0.15) is 0 Å². The second-order valence-corrected chi connectivity index (χ2v) is 8.22. The maximum Gasteiger partial charge on any atom is 0.241 e. The molecule has 1 heterocycles. The van der Waals surface area contributed by atoms with Gasteiger partial charge in [-0.3, -0.25) is 0 Å². The Morgan fingerprint density at radius 1 is 1.30 bits per heavy atom. The molecule has 1 aliphatic heterocycles. The first-order valence-electron chi connectivity index (χ1n) is 7.04. The number of nitrogens with one attached hydrogen (secondary N) is 2. The Morgan fingerprint density at radius 2 is 2.00 bits per heavy atom. The summed E-state index contributed by atoms with van der Waals surface area (Å²) in [5.74, 6) is 0. The number of benzene rings is 1. The van der Waals surface area contributed by atoms with Crippen LogP contribution in [0.3, 0.4) is 0 Å². The molecule has 2 N–H and O–H groups in total. The van der Waals surface area contributed by atoms with Crippen molar-refractivity contribution in [3.63, 3.8) is 0 Å². The van der Waals surface area contributed by atoms with Gasteiger partial charge in [0.15, 0.2) is 0 Å². The predicted molar refractivity (Wildman–Crippen MR) is 81.5 cm³/mol. The van der Waals surface area contributed by atoms with E-state index in [-0.39, 0.29) is 11.5 Å². The lowest BCUT2D eigenvalue weighted by Gasteiger charge is -2.21. The van der Waals surface area contributed by atoms with Gasteiger partial charge in [-0.1, -0.05) is 32.9 Å². The van der Waals surface area contributed by atoms with Crippen molar-refractivity contribution in [3.05, 3.63) is 29.3 Å². The summed E-state index contributed by atoms with van der Waals surface area (Å²) in [5, 5.41) is 3.17. The van der Waals surface area contributed by atoms with Gasteiger partial charge in [0, 0.05) is 12.6 Å². The van der Waals surface area contributed by atoms with Crippen molar-refractivity contribution in [1.29, 1.82) is 0 Å². The number of aryl methyl sites for hydroxylation is 1. The van der Waals surface area contributed by atoms with Gasteiger partial charge in [-0.25, -0.2) is 13.1 Å². The molecule has 0 aliphatic carbocycles. The molecule has 4 nitrogen and oxygen atoms in total. The highest BCUT2D eigenvalue weighted by molar-refractivity contribution is 7.89. The van der Waals surface area contributed by atoms with Crippen molar-refractivity contribution in [3.8, 4) is 0 Å². The van der Waals surface area contributed by atoms with Crippen LogP contribution in [-0.2, 0) is 15.4 Å². The lowest BCUT2D eigenvalue weighted by Crippen LogP contribution is -2.36. The highest BCUT2D eigenvalue weighted by Gasteiger charge is 2.25. The molecule has 2 rings (SSSR count). The summed E-state index contributed by atoms with van der Waals surface area (Å²) in [7, 11) is -3.45. The fourth-order valence-electron chi connectivity index (χ4n) is 2.39. The van der Waals surface area contributed by atoms with Crippen LogP contribution in [0.25, 0.3) is 0 Å². The second-order valence-electron chi connectivity index (χ2n) is 6.54. The Morgan fingerprint density at radius 3 is 2.55 bits per heavy atom. The third-order valence-electron chi connectivity index (χ3n) is 3.73. The monoisotopic (exact) mass is 296 g/mol. The average molecular weight is 296 g/mol. The molecule has 112 valence electrons. The van der Waals surface area contributed by atoms with E-state index >= 15 is 0 Å². The molecular weight excluding hydrogens is 272 g/mol. The molecule has 1 atom stereocenters. The number of hydrogen-bond acceptors (Lipinski definition) is 3. The van der Waals surface area contributed by atoms with E-state index in [9.17, 15) is 8.42 Å². The Balaban J connectivity index is 2.35. The molecule has 0 spiro atoms. The number of hydrogen-bond donors (Lipinski definition) is 2. The molecule has 20 heavy (non-hydrogen) atoms. The smallest absolute Gasteiger partial charge is 0.241 e. The quantitative estimate of drug-likeness (QED) is 0.896. The van der Waals surface area contributed by atoms with E-state index in [0.717, 1.165) is 24.1 Å². The Hall–Kier alpha value is -0.910. The third-order valence-corrected chi connectivity index (χ3v) is 5.39. The van der Waals surface area contributed by atoms with Gasteiger partial charge in [-0.15, -0.1) is 0 Å². The third kappa shape index (κ3) is 3.40. The van der Waals surface area contributed by atoms with Crippen LogP contribution in [0.1, 0.15) is 38.3 Å². The molecule has 0 radical (unpaired) electrons. The fourth-order valence-corrected chi connectivity index (χ4v) is 3.94. The minimum atomic E-state index is -3.45. The fraction of sp³-hybridized carbons (Fsp3) is 0.600. The first-order valence-corrected chi connectivity index (χ1v) is 8.53. The molecule has 0 aromatic heterocycles. The summed E-state index contributed by atoms with van der Waals surface area (Å²) in [6.07, 6.45) is 0.844. The van der Waals surface area contributed by atoms with Gasteiger partial charge < -0.3 is 5.32 Å². The second kappa shape index (κ2) is 5.47. The van der Waals surface area contributed by atoms with Crippen LogP contribution < -0.4 is 10.0 Å². The topological polar surface area (TPSA) is 58.2 Å². The highest BCUT2D eigenvalue weighted by atomic mass is 32.2. The molecule has 1 saturated heterocycles. The molecule has 0 amide bonds. The van der Waals surface area contributed by atoms with Crippen molar-refractivity contribution in [2.45, 2.75) is 50.5 Å². The summed E-state index contributed by atoms with van der Waals surface area (Å²) >= 11 is 0. The van der Waals surface area contributed by atoms with Gasteiger partial charge in [0.25, 0.3) is 0 Å². The molecule has 0 bridgehead atoms. The zero-order valence-corrected chi connectivity index (χ0v) is 13.5. The van der Waals surface area contributed by atoms with Crippen molar-refractivity contribution >= 4 is 10.0 Å². The first kappa shape index (κ1) is 15.5. The van der Waals surface area contributed by atoms with Crippen LogP contribution >= 0.6 is 0 Å². The zero-order chi connectivity index (χ0) is 15.0. The Bertz CT molecular complexity index is 582. The molecule has 1 aromatic rings. The van der Waals surface area contributed by atoms with Gasteiger partial charge in [0.2, 0.25) is 10.0 Å². The van der Waals surface area contributed by atoms with E-state index < -0.39 is 10.0 Å². The highest BCUT2D eigenvalue weighted by Crippen LogP contribution is 2.26. The van der Waals surface area contributed by atoms with Gasteiger partial charge in [0.1, 0.15) is 0 Å². The van der Waals surface area contributed by atoms with E-state index in [4.69, 9.17) is 0 Å². The Kier molecular flexibility index (Phi) is 4.23. The lowest BCUT2D eigenvalue weighted by molar-refractivity contribution is 0.557. The normalized spacial score (nSPS) is 20.3. The number of rotatable bonds is 3. The van der Waals surface area contributed by atoms with Crippen LogP contribution in [0.5, 0.6) is 0 Å². The van der Waals surface area contributed by atoms with Crippen LogP contribution in [0, 0.1) is 6.92 Å². The van der Waals surface area contributed by atoms with E-state index in [1.165, 1.54) is 0 Å². The Labute approximate surface area is 122 Å². The molecule has 1 aliphatic rings. The maximum atomic E-state index is 12.5. The van der Waals surface area contributed by atoms with E-state index in [1.807, 2.05) is 19.1 Å². The van der Waals surface area contributed by atoms with E-state index in [0.29, 0.717) is 11.4 Å². The summed E-state index contributed by atoms with van der Waals surface area (Å²) in [4.78, 5) is 0.400. The molecule has 1 aromatic carbocycles. The molecule has 0 unspecified atom stereocenters. The molecule has 5 heteroatoms. The number of sulfonamides is 1. The molecule has 0 saturated carbocycles. The average Bonchev–Trinajstić information content (AvgIpc) is 2.79. The van der Waals surface area contributed by atoms with Gasteiger partial charge in [0.05, 0.1) is 4.90 Å². The van der Waals surface area contributed by atoms with Crippen LogP contribution in [0.4, 0.5) is 0 Å². The maximum absolute atomic E-state index is 12.5. The summed E-state index contributed by atoms with van der Waals surface area (Å²) in [6.45, 7) is 9.67. The van der Waals surface area contributed by atoms with Crippen LogP contribution in [0.2, 0.25) is 0 Å². The van der Waals surface area contributed by atoms with Gasteiger partial charge in [-0.05, 0) is 42.5 Å². The lowest BCUT2D eigenvalue weighted by atomic mass is 9.87. The van der Waals surface area contributed by atoms with E-state index in [2.05, 4.69) is 30.8 Å². The molecular formula is C15H24N2O2S. The SMILES string of the molecule is Cc1ccc(C(C)(C)C)cc1S(=O)(=O)N[C@H]1CCNC1. The standard InChI is InChI=1S/C15H24N2O2S/c1-11-5-6-12(15(2,3)4)9-14(11)20(18,19)17-13-7-8-16-10-13/h5-6,9,13,16-17H,7-8,10H2,1-4H3/t13-/m0/s1. The van der Waals surface area contributed by atoms with E-state index in [1.54, 1.807) is 6.07 Å². The zero-order valence-electron chi connectivity index (χ0n) is 12.7. The van der Waals surface area contributed by atoms with Crippen molar-refractivity contribution < 1.29 is 8.42 Å². The molecule has 1 fully saturated rings. The van der Waals surface area contributed by atoms with Crippen molar-refractivity contribution in [2.75, 3.05) is 13.1 Å².